The first kappa shape index (κ1) is 18.1. The smallest absolute Gasteiger partial charge is 0.223 e. The van der Waals surface area contributed by atoms with Crippen LogP contribution in [0, 0.1) is 18.3 Å². The number of aromatic nitrogens is 1. The average Bonchev–Trinajstić information content (AvgIpc) is 3.37. The van der Waals surface area contributed by atoms with Crippen LogP contribution in [-0.4, -0.2) is 41.0 Å². The molecule has 26 heavy (non-hydrogen) atoms. The molecule has 3 rings (SSSR count). The molecule has 0 saturated carbocycles. The summed E-state index contributed by atoms with van der Waals surface area (Å²) in [5, 5.41) is 11.0. The van der Waals surface area contributed by atoms with Gasteiger partial charge in [-0.2, -0.15) is 10.2 Å². The zero-order valence-corrected chi connectivity index (χ0v) is 14.9. The van der Waals surface area contributed by atoms with Crippen molar-refractivity contribution in [3.8, 4) is 12.3 Å². The summed E-state index contributed by atoms with van der Waals surface area (Å²) in [7, 11) is 1.80. The highest BCUT2D eigenvalue weighted by Gasteiger charge is 2.40. The van der Waals surface area contributed by atoms with Crippen LogP contribution in [0.4, 0.5) is 0 Å². The van der Waals surface area contributed by atoms with Gasteiger partial charge in [0.2, 0.25) is 11.8 Å². The Morgan fingerprint density at radius 3 is 2.92 bits per heavy atom. The molecule has 0 unspecified atom stereocenters. The van der Waals surface area contributed by atoms with Crippen molar-refractivity contribution in [2.45, 2.75) is 43.8 Å². The summed E-state index contributed by atoms with van der Waals surface area (Å²) in [5.74, 6) is 2.65. The number of nitrogens with one attached hydrogen (secondary N) is 1. The predicted molar refractivity (Wildman–Crippen MR) is 95.8 cm³/mol. The molecule has 1 aromatic heterocycles. The van der Waals surface area contributed by atoms with Crippen molar-refractivity contribution in [2.24, 2.45) is 16.1 Å². The minimum Gasteiger partial charge on any atom is -0.356 e. The molecule has 1 N–H and O–H groups in total. The standard InChI is InChI=1S/C19H23N5O2/c1-3-4-8-19(22-23-19)9-7-16(25)21-13-15-11-17(26)24(2)18(15)14-6-5-10-20-12-14/h1,5-6,10,12,15,18H,4,7-9,11,13H2,2H3,(H,21,25)/t15-,18-/m1/s1. The zero-order valence-electron chi connectivity index (χ0n) is 14.9. The zero-order chi connectivity index (χ0) is 18.6. The first-order chi connectivity index (χ1) is 12.5. The lowest BCUT2D eigenvalue weighted by Gasteiger charge is -2.25. The van der Waals surface area contributed by atoms with Gasteiger partial charge in [0.05, 0.1) is 6.04 Å². The van der Waals surface area contributed by atoms with Crippen molar-refractivity contribution >= 4 is 11.8 Å². The fraction of sp³-hybridized carbons (Fsp3) is 0.526. The van der Waals surface area contributed by atoms with Gasteiger partial charge in [0, 0.05) is 64.0 Å². The second-order valence-corrected chi connectivity index (χ2v) is 6.89. The van der Waals surface area contributed by atoms with Crippen molar-refractivity contribution in [3.63, 3.8) is 0 Å². The number of amides is 2. The summed E-state index contributed by atoms with van der Waals surface area (Å²) in [6, 6.07) is 3.76. The van der Waals surface area contributed by atoms with Crippen LogP contribution in [0.1, 0.15) is 43.7 Å². The highest BCUT2D eigenvalue weighted by molar-refractivity contribution is 5.80. The molecule has 0 radical (unpaired) electrons. The minimum atomic E-state index is -0.439. The predicted octanol–water partition coefficient (Wildman–Crippen LogP) is 2.07. The van der Waals surface area contributed by atoms with Crippen LogP contribution in [0.15, 0.2) is 34.8 Å². The van der Waals surface area contributed by atoms with E-state index in [1.54, 1.807) is 24.3 Å². The first-order valence-corrected chi connectivity index (χ1v) is 8.84. The Morgan fingerprint density at radius 1 is 1.46 bits per heavy atom. The molecule has 7 heteroatoms. The number of carbonyl (C=O) groups is 2. The maximum Gasteiger partial charge on any atom is 0.223 e. The largest absolute Gasteiger partial charge is 0.356 e. The summed E-state index contributed by atoms with van der Waals surface area (Å²) in [5.41, 5.74) is 0.551. The van der Waals surface area contributed by atoms with E-state index in [4.69, 9.17) is 6.42 Å². The number of hydrogen-bond donors (Lipinski definition) is 1. The van der Waals surface area contributed by atoms with Crippen molar-refractivity contribution in [1.82, 2.24) is 15.2 Å². The van der Waals surface area contributed by atoms with Crippen LogP contribution in [0.2, 0.25) is 0 Å². The molecule has 1 saturated heterocycles. The van der Waals surface area contributed by atoms with Gasteiger partial charge >= 0.3 is 0 Å². The van der Waals surface area contributed by atoms with Gasteiger partial charge in [-0.1, -0.05) is 6.07 Å². The van der Waals surface area contributed by atoms with Crippen LogP contribution >= 0.6 is 0 Å². The molecule has 0 spiro atoms. The second kappa shape index (κ2) is 7.65. The Labute approximate surface area is 153 Å². The molecular weight excluding hydrogens is 330 g/mol. The number of rotatable bonds is 8. The van der Waals surface area contributed by atoms with Gasteiger partial charge in [-0.3, -0.25) is 14.6 Å². The Balaban J connectivity index is 1.51. The summed E-state index contributed by atoms with van der Waals surface area (Å²) in [6.45, 7) is 0.458. The van der Waals surface area contributed by atoms with Gasteiger partial charge in [-0.15, -0.1) is 12.3 Å². The summed E-state index contributed by atoms with van der Waals surface area (Å²) in [4.78, 5) is 30.2. The van der Waals surface area contributed by atoms with Gasteiger partial charge in [0.25, 0.3) is 0 Å². The molecule has 0 bridgehead atoms. The number of likely N-dealkylation sites (tertiary alicyclic amines) is 1. The SMILES string of the molecule is C#CCCC1(CCC(=O)NC[C@H]2CC(=O)N(C)[C@@H]2c2cccnc2)N=N1. The Kier molecular flexibility index (Phi) is 5.31. The maximum atomic E-state index is 12.2. The van der Waals surface area contributed by atoms with E-state index in [1.807, 2.05) is 12.1 Å². The number of pyridine rings is 1. The van der Waals surface area contributed by atoms with E-state index >= 15 is 0 Å². The molecular formula is C19H23N5O2. The van der Waals surface area contributed by atoms with Crippen LogP contribution in [0.5, 0.6) is 0 Å². The van der Waals surface area contributed by atoms with Crippen LogP contribution in [0.3, 0.4) is 0 Å². The lowest BCUT2D eigenvalue weighted by atomic mass is 9.94. The monoisotopic (exact) mass is 353 g/mol. The molecule has 3 heterocycles. The number of hydrogen-bond acceptors (Lipinski definition) is 5. The minimum absolute atomic E-state index is 0.0337. The summed E-state index contributed by atoms with van der Waals surface area (Å²) < 4.78 is 0. The van der Waals surface area contributed by atoms with Crippen LogP contribution in [-0.2, 0) is 9.59 Å². The fourth-order valence-corrected chi connectivity index (χ4v) is 3.50. The molecule has 2 aliphatic rings. The Hall–Kier alpha value is -2.75. The fourth-order valence-electron chi connectivity index (χ4n) is 3.50. The molecule has 136 valence electrons. The van der Waals surface area contributed by atoms with Gasteiger partial charge < -0.3 is 10.2 Å². The van der Waals surface area contributed by atoms with E-state index in [9.17, 15) is 9.59 Å². The van der Waals surface area contributed by atoms with E-state index in [1.165, 1.54) is 0 Å². The lowest BCUT2D eigenvalue weighted by molar-refractivity contribution is -0.127. The average molecular weight is 353 g/mol. The highest BCUT2D eigenvalue weighted by Crippen LogP contribution is 2.38. The molecule has 0 aromatic carbocycles. The van der Waals surface area contributed by atoms with Crippen LogP contribution < -0.4 is 5.32 Å². The van der Waals surface area contributed by atoms with E-state index in [2.05, 4.69) is 26.4 Å². The molecule has 2 aliphatic heterocycles. The Bertz CT molecular complexity index is 734. The van der Waals surface area contributed by atoms with Crippen molar-refractivity contribution in [1.29, 1.82) is 0 Å². The Morgan fingerprint density at radius 2 is 2.27 bits per heavy atom. The van der Waals surface area contributed by atoms with Gasteiger partial charge in [0.1, 0.15) is 0 Å². The third-order valence-electron chi connectivity index (χ3n) is 5.09. The highest BCUT2D eigenvalue weighted by atomic mass is 16.2. The van der Waals surface area contributed by atoms with E-state index in [0.29, 0.717) is 38.6 Å². The van der Waals surface area contributed by atoms with Crippen molar-refractivity contribution < 1.29 is 9.59 Å². The van der Waals surface area contributed by atoms with Gasteiger partial charge in [-0.25, -0.2) is 0 Å². The third-order valence-corrected chi connectivity index (χ3v) is 5.09. The topological polar surface area (TPSA) is 87.0 Å². The molecule has 0 aliphatic carbocycles. The van der Waals surface area contributed by atoms with Gasteiger partial charge in [-0.05, 0) is 11.6 Å². The number of terminal acetylenes is 1. The molecule has 1 aromatic rings. The van der Waals surface area contributed by atoms with E-state index in [-0.39, 0.29) is 23.8 Å². The maximum absolute atomic E-state index is 12.2. The summed E-state index contributed by atoms with van der Waals surface area (Å²) >= 11 is 0. The number of carbonyl (C=O) groups excluding carboxylic acids is 2. The van der Waals surface area contributed by atoms with Crippen molar-refractivity contribution in [2.75, 3.05) is 13.6 Å². The molecule has 2 amide bonds. The van der Waals surface area contributed by atoms with Gasteiger partial charge in [0.15, 0.2) is 5.66 Å². The second-order valence-electron chi connectivity index (χ2n) is 6.89. The lowest BCUT2D eigenvalue weighted by Crippen LogP contribution is -2.33. The molecule has 2 atom stereocenters. The quantitative estimate of drug-likeness (QED) is 0.726. The van der Waals surface area contributed by atoms with E-state index < -0.39 is 5.66 Å². The molecule has 7 nitrogen and oxygen atoms in total. The van der Waals surface area contributed by atoms with Crippen molar-refractivity contribution in [3.05, 3.63) is 30.1 Å². The number of nitrogens with zero attached hydrogens (tertiary/aromatic N) is 4. The molecule has 1 fully saturated rings. The van der Waals surface area contributed by atoms with Crippen LogP contribution in [0.25, 0.3) is 0 Å². The normalized spacial score (nSPS) is 22.9. The summed E-state index contributed by atoms with van der Waals surface area (Å²) in [6.07, 6.45) is 11.4. The first-order valence-electron chi connectivity index (χ1n) is 8.84. The van der Waals surface area contributed by atoms with E-state index in [0.717, 1.165) is 5.56 Å². The third kappa shape index (κ3) is 4.07.